The zero-order valence-corrected chi connectivity index (χ0v) is 22.3. The lowest BCUT2D eigenvalue weighted by Gasteiger charge is -2.29. The van der Waals surface area contributed by atoms with Crippen molar-refractivity contribution in [1.82, 2.24) is 14.2 Å². The predicted molar refractivity (Wildman–Crippen MR) is 138 cm³/mol. The molecule has 2 aromatic carbocycles. The van der Waals surface area contributed by atoms with Crippen molar-refractivity contribution in [3.8, 4) is 0 Å². The molecular weight excluding hydrogens is 511 g/mol. The Morgan fingerprint density at radius 2 is 1.91 bits per heavy atom. The standard InChI is InChI=1S/C24H28ClFN4O3S2/c1-16-7-12-19(25)22-21(16)27-24(34-22)29(14-5-13-28(2)3)23(31)20-6-4-15-30(20)35(32,33)18-10-8-17(26)9-11-18/h7-12,20H,4-6,13-15H2,1-3H3. The maximum atomic E-state index is 13.9. The number of nitrogens with zero attached hydrogens (tertiary/aromatic N) is 4. The van der Waals surface area contributed by atoms with Crippen LogP contribution < -0.4 is 4.90 Å². The number of amides is 1. The Bertz CT molecular complexity index is 1290. The highest BCUT2D eigenvalue weighted by Gasteiger charge is 2.42. The van der Waals surface area contributed by atoms with Crippen LogP contribution in [0, 0.1) is 12.7 Å². The van der Waals surface area contributed by atoms with Gasteiger partial charge < -0.3 is 4.90 Å². The van der Waals surface area contributed by atoms with Gasteiger partial charge in [0.25, 0.3) is 0 Å². The molecule has 3 aromatic rings. The molecule has 4 rings (SSSR count). The zero-order chi connectivity index (χ0) is 25.3. The lowest BCUT2D eigenvalue weighted by molar-refractivity contribution is -0.121. The Labute approximate surface area is 214 Å². The average molecular weight is 539 g/mol. The predicted octanol–water partition coefficient (Wildman–Crippen LogP) is 4.54. The van der Waals surface area contributed by atoms with Crippen LogP contribution in [0.4, 0.5) is 9.52 Å². The third-order valence-electron chi connectivity index (χ3n) is 6.08. The van der Waals surface area contributed by atoms with Gasteiger partial charge in [-0.2, -0.15) is 4.31 Å². The lowest BCUT2D eigenvalue weighted by Crippen LogP contribution is -2.48. The molecule has 1 atom stereocenters. The van der Waals surface area contributed by atoms with Crippen molar-refractivity contribution in [2.75, 3.05) is 38.6 Å². The minimum absolute atomic E-state index is 0.0276. The van der Waals surface area contributed by atoms with E-state index >= 15 is 0 Å². The first-order chi connectivity index (χ1) is 16.6. The number of carbonyl (C=O) groups excluding carboxylic acids is 1. The molecule has 1 fully saturated rings. The van der Waals surface area contributed by atoms with Crippen LogP contribution in [0.25, 0.3) is 10.2 Å². The first-order valence-corrected chi connectivity index (χ1v) is 14.0. The molecule has 1 aliphatic rings. The monoisotopic (exact) mass is 538 g/mol. The number of halogens is 2. The van der Waals surface area contributed by atoms with E-state index in [0.29, 0.717) is 36.0 Å². The summed E-state index contributed by atoms with van der Waals surface area (Å²) in [5, 5.41) is 1.07. The summed E-state index contributed by atoms with van der Waals surface area (Å²) in [6, 6.07) is 7.54. The maximum absolute atomic E-state index is 13.9. The van der Waals surface area contributed by atoms with Crippen LogP contribution in [0.5, 0.6) is 0 Å². The van der Waals surface area contributed by atoms with Crippen LogP contribution in [0.15, 0.2) is 41.3 Å². The van der Waals surface area contributed by atoms with Crippen LogP contribution in [0.2, 0.25) is 5.02 Å². The van der Waals surface area contributed by atoms with Crippen LogP contribution >= 0.6 is 22.9 Å². The number of aromatic nitrogens is 1. The minimum atomic E-state index is -3.96. The second-order valence-corrected chi connectivity index (χ2v) is 12.2. The van der Waals surface area contributed by atoms with Crippen molar-refractivity contribution in [2.45, 2.75) is 37.1 Å². The van der Waals surface area contributed by atoms with Gasteiger partial charge in [0, 0.05) is 13.1 Å². The summed E-state index contributed by atoms with van der Waals surface area (Å²) in [6.45, 7) is 3.33. The molecule has 1 amide bonds. The minimum Gasteiger partial charge on any atom is -0.309 e. The van der Waals surface area contributed by atoms with E-state index in [1.54, 1.807) is 4.90 Å². The van der Waals surface area contributed by atoms with Crippen LogP contribution in [0.3, 0.4) is 0 Å². The number of benzene rings is 2. The highest BCUT2D eigenvalue weighted by Crippen LogP contribution is 2.37. The molecule has 0 spiro atoms. The van der Waals surface area contributed by atoms with Crippen LogP contribution in [0.1, 0.15) is 24.8 Å². The smallest absolute Gasteiger partial charge is 0.247 e. The maximum Gasteiger partial charge on any atom is 0.247 e. The molecule has 1 aromatic heterocycles. The third kappa shape index (κ3) is 5.36. The van der Waals surface area contributed by atoms with Crippen molar-refractivity contribution >= 4 is 54.2 Å². The molecule has 7 nitrogen and oxygen atoms in total. The summed E-state index contributed by atoms with van der Waals surface area (Å²) in [5.41, 5.74) is 1.69. The fourth-order valence-corrected chi connectivity index (χ4v) is 7.25. The molecule has 0 N–H and O–H groups in total. The van der Waals surface area contributed by atoms with Gasteiger partial charge in [0.2, 0.25) is 15.9 Å². The molecule has 1 aliphatic heterocycles. The fourth-order valence-electron chi connectivity index (χ4n) is 4.25. The van der Waals surface area contributed by atoms with Gasteiger partial charge >= 0.3 is 0 Å². The molecule has 0 saturated carbocycles. The van der Waals surface area contributed by atoms with Crippen LogP contribution in [-0.4, -0.2) is 68.3 Å². The second-order valence-electron chi connectivity index (χ2n) is 8.91. The molecule has 0 radical (unpaired) electrons. The van der Waals surface area contributed by atoms with E-state index in [-0.39, 0.29) is 17.3 Å². The molecule has 0 bridgehead atoms. The first kappa shape index (κ1) is 26.0. The van der Waals surface area contributed by atoms with Gasteiger partial charge in [0.15, 0.2) is 5.13 Å². The van der Waals surface area contributed by atoms with Gasteiger partial charge in [-0.3, -0.25) is 9.69 Å². The van der Waals surface area contributed by atoms with Crippen molar-refractivity contribution in [2.24, 2.45) is 0 Å². The number of thiazole rings is 1. The van der Waals surface area contributed by atoms with Crippen molar-refractivity contribution in [3.05, 3.63) is 52.8 Å². The lowest BCUT2D eigenvalue weighted by atomic mass is 10.2. The van der Waals surface area contributed by atoms with Gasteiger partial charge in [0.05, 0.1) is 20.1 Å². The third-order valence-corrected chi connectivity index (χ3v) is 9.54. The van der Waals surface area contributed by atoms with E-state index in [1.165, 1.54) is 27.8 Å². The summed E-state index contributed by atoms with van der Waals surface area (Å²) in [4.78, 5) is 22.2. The van der Waals surface area contributed by atoms with Crippen molar-refractivity contribution < 1.29 is 17.6 Å². The number of hydrogen-bond donors (Lipinski definition) is 0. The van der Waals surface area contributed by atoms with Gasteiger partial charge in [-0.15, -0.1) is 0 Å². The molecule has 0 aliphatic carbocycles. The molecule has 2 heterocycles. The topological polar surface area (TPSA) is 73.8 Å². The fraction of sp³-hybridized carbons (Fsp3) is 0.417. The SMILES string of the molecule is Cc1ccc(Cl)c2sc(N(CCCN(C)C)C(=O)C3CCCN3S(=O)(=O)c3ccc(F)cc3)nc12. The second kappa shape index (κ2) is 10.5. The Balaban J connectivity index is 1.69. The largest absolute Gasteiger partial charge is 0.309 e. The van der Waals surface area contributed by atoms with E-state index in [1.807, 2.05) is 38.1 Å². The first-order valence-electron chi connectivity index (χ1n) is 11.4. The van der Waals surface area contributed by atoms with Gasteiger partial charge in [0.1, 0.15) is 11.9 Å². The number of carbonyl (C=O) groups is 1. The van der Waals surface area contributed by atoms with Crippen molar-refractivity contribution in [1.29, 1.82) is 0 Å². The molecule has 35 heavy (non-hydrogen) atoms. The molecule has 11 heteroatoms. The highest BCUT2D eigenvalue weighted by atomic mass is 35.5. The summed E-state index contributed by atoms with van der Waals surface area (Å²) in [7, 11) is -0.0460. The number of rotatable bonds is 8. The van der Waals surface area contributed by atoms with Gasteiger partial charge in [-0.05, 0) is 82.7 Å². The summed E-state index contributed by atoms with van der Waals surface area (Å²) in [6.07, 6.45) is 1.67. The highest BCUT2D eigenvalue weighted by molar-refractivity contribution is 7.89. The van der Waals surface area contributed by atoms with E-state index in [0.717, 1.165) is 34.5 Å². The Hall–Kier alpha value is -2.11. The van der Waals surface area contributed by atoms with E-state index in [2.05, 4.69) is 0 Å². The zero-order valence-electron chi connectivity index (χ0n) is 19.9. The Morgan fingerprint density at radius 3 is 2.57 bits per heavy atom. The van der Waals surface area contributed by atoms with Crippen LogP contribution in [-0.2, 0) is 14.8 Å². The summed E-state index contributed by atoms with van der Waals surface area (Å²) in [5.74, 6) is -0.824. The summed E-state index contributed by atoms with van der Waals surface area (Å²) >= 11 is 7.75. The molecule has 1 unspecified atom stereocenters. The normalized spacial score (nSPS) is 16.9. The molecular formula is C24H28ClFN4O3S2. The molecule has 188 valence electrons. The van der Waals surface area contributed by atoms with Gasteiger partial charge in [-0.25, -0.2) is 17.8 Å². The number of aryl methyl sites for hydroxylation is 1. The number of sulfonamides is 1. The summed E-state index contributed by atoms with van der Waals surface area (Å²) < 4.78 is 42.1. The number of anilines is 1. The quantitative estimate of drug-likeness (QED) is 0.421. The Morgan fingerprint density at radius 1 is 1.20 bits per heavy atom. The number of hydrogen-bond acceptors (Lipinski definition) is 6. The van der Waals surface area contributed by atoms with Gasteiger partial charge in [-0.1, -0.05) is 29.0 Å². The van der Waals surface area contributed by atoms with E-state index in [9.17, 15) is 17.6 Å². The number of fused-ring (bicyclic) bond motifs is 1. The average Bonchev–Trinajstić information content (AvgIpc) is 3.48. The van der Waals surface area contributed by atoms with Crippen molar-refractivity contribution in [3.63, 3.8) is 0 Å². The van der Waals surface area contributed by atoms with E-state index in [4.69, 9.17) is 16.6 Å². The van der Waals surface area contributed by atoms with E-state index < -0.39 is 21.9 Å². The molecule has 1 saturated heterocycles. The Kier molecular flexibility index (Phi) is 7.77.